The van der Waals surface area contributed by atoms with E-state index in [1.54, 1.807) is 13.8 Å². The molecule has 148 valence electrons. The second-order valence-corrected chi connectivity index (χ2v) is 6.22. The maximum Gasteiger partial charge on any atom is 0.340 e. The number of hydrogen-bond donors (Lipinski definition) is 2. The summed E-state index contributed by atoms with van der Waals surface area (Å²) in [7, 11) is 0. The molecule has 0 unspecified atom stereocenters. The van der Waals surface area contributed by atoms with Crippen LogP contribution in [0.5, 0.6) is 0 Å². The molecule has 0 spiro atoms. The molecule has 2 aromatic carbocycles. The fourth-order valence-corrected chi connectivity index (χ4v) is 2.64. The smallest absolute Gasteiger partial charge is 0.340 e. The lowest BCUT2D eigenvalue weighted by Gasteiger charge is -2.15. The number of thiocarbonyl (C=S) groups is 1. The predicted molar refractivity (Wildman–Crippen MR) is 110 cm³/mol. The fourth-order valence-electron chi connectivity index (χ4n) is 2.23. The van der Waals surface area contributed by atoms with Crippen LogP contribution in [-0.2, 0) is 9.47 Å². The molecule has 0 radical (unpaired) electrons. The monoisotopic (exact) mass is 424 g/mol. The second kappa shape index (κ2) is 10.0. The van der Waals surface area contributed by atoms with E-state index in [0.29, 0.717) is 5.69 Å². The van der Waals surface area contributed by atoms with Crippen molar-refractivity contribution in [2.75, 3.05) is 23.8 Å². The number of ether oxygens (including phenoxy) is 2. The Hall–Kier alpha value is -2.71. The maximum absolute atomic E-state index is 13.3. The molecule has 6 nitrogen and oxygen atoms in total. The normalized spacial score (nSPS) is 10.1. The predicted octanol–water partition coefficient (Wildman–Crippen LogP) is 4.64. The molecule has 2 N–H and O–H groups in total. The van der Waals surface area contributed by atoms with Crippen molar-refractivity contribution in [2.45, 2.75) is 13.8 Å². The first kappa shape index (κ1) is 21.6. The molecule has 0 amide bonds. The van der Waals surface area contributed by atoms with E-state index >= 15 is 0 Å². The van der Waals surface area contributed by atoms with Gasteiger partial charge >= 0.3 is 11.9 Å². The van der Waals surface area contributed by atoms with E-state index in [1.807, 2.05) is 0 Å². The van der Waals surface area contributed by atoms with Crippen molar-refractivity contribution < 1.29 is 23.5 Å². The summed E-state index contributed by atoms with van der Waals surface area (Å²) in [5, 5.41) is 5.72. The zero-order chi connectivity index (χ0) is 20.7. The molecule has 2 aromatic rings. The molecular formula is C19H18ClFN2O4S. The van der Waals surface area contributed by atoms with E-state index in [1.165, 1.54) is 36.4 Å². The summed E-state index contributed by atoms with van der Waals surface area (Å²) in [6.45, 7) is 3.78. The van der Waals surface area contributed by atoms with Crippen LogP contribution in [0.2, 0.25) is 5.02 Å². The molecule has 0 saturated carbocycles. The van der Waals surface area contributed by atoms with Crippen LogP contribution >= 0.6 is 23.8 Å². The topological polar surface area (TPSA) is 76.7 Å². The van der Waals surface area contributed by atoms with Gasteiger partial charge in [-0.05, 0) is 62.5 Å². The molecule has 0 aliphatic carbocycles. The molecule has 0 saturated heterocycles. The van der Waals surface area contributed by atoms with Gasteiger partial charge in [-0.2, -0.15) is 0 Å². The van der Waals surface area contributed by atoms with E-state index in [-0.39, 0.29) is 40.2 Å². The minimum Gasteiger partial charge on any atom is -0.462 e. The summed E-state index contributed by atoms with van der Waals surface area (Å²) in [6, 6.07) is 8.37. The molecule has 0 aliphatic heterocycles. The minimum atomic E-state index is -0.576. The number of anilines is 2. The Morgan fingerprint density at radius 3 is 2.36 bits per heavy atom. The Labute approximate surface area is 172 Å². The zero-order valence-corrected chi connectivity index (χ0v) is 16.7. The van der Waals surface area contributed by atoms with Crippen molar-refractivity contribution in [3.8, 4) is 0 Å². The van der Waals surface area contributed by atoms with Crippen molar-refractivity contribution in [2.24, 2.45) is 0 Å². The highest BCUT2D eigenvalue weighted by Crippen LogP contribution is 2.22. The SMILES string of the molecule is CCOC(=O)c1ccc(C(=O)OCC)c(NC(=S)Nc2ccc(F)c(Cl)c2)c1. The number of carbonyl (C=O) groups excluding carboxylic acids is 2. The highest BCUT2D eigenvalue weighted by molar-refractivity contribution is 7.80. The molecule has 0 heterocycles. The van der Waals surface area contributed by atoms with Crippen molar-refractivity contribution in [1.82, 2.24) is 0 Å². The van der Waals surface area contributed by atoms with E-state index in [9.17, 15) is 14.0 Å². The van der Waals surface area contributed by atoms with Crippen molar-refractivity contribution >= 4 is 52.2 Å². The van der Waals surface area contributed by atoms with E-state index in [4.69, 9.17) is 33.3 Å². The van der Waals surface area contributed by atoms with Gasteiger partial charge in [-0.1, -0.05) is 11.6 Å². The van der Waals surface area contributed by atoms with Gasteiger partial charge in [0.15, 0.2) is 5.11 Å². The maximum atomic E-state index is 13.3. The third kappa shape index (κ3) is 5.64. The zero-order valence-electron chi connectivity index (χ0n) is 15.2. The van der Waals surface area contributed by atoms with Gasteiger partial charge in [0.2, 0.25) is 0 Å². The van der Waals surface area contributed by atoms with Crippen LogP contribution in [-0.4, -0.2) is 30.3 Å². The van der Waals surface area contributed by atoms with Gasteiger partial charge in [0.25, 0.3) is 0 Å². The Morgan fingerprint density at radius 2 is 1.71 bits per heavy atom. The Morgan fingerprint density at radius 1 is 1.04 bits per heavy atom. The van der Waals surface area contributed by atoms with Crippen LogP contribution in [0.3, 0.4) is 0 Å². The van der Waals surface area contributed by atoms with Crippen LogP contribution in [0.15, 0.2) is 36.4 Å². The Kier molecular flexibility index (Phi) is 7.71. The first-order chi connectivity index (χ1) is 13.3. The lowest BCUT2D eigenvalue weighted by Crippen LogP contribution is -2.21. The fraction of sp³-hybridized carbons (Fsp3) is 0.211. The van der Waals surface area contributed by atoms with Gasteiger partial charge in [0, 0.05) is 5.69 Å². The van der Waals surface area contributed by atoms with Gasteiger partial charge in [-0.15, -0.1) is 0 Å². The Bertz CT molecular complexity index is 907. The largest absolute Gasteiger partial charge is 0.462 e. The average Bonchev–Trinajstić information content (AvgIpc) is 2.65. The number of carbonyl (C=O) groups is 2. The number of halogens is 2. The highest BCUT2D eigenvalue weighted by atomic mass is 35.5. The molecule has 0 fully saturated rings. The first-order valence-electron chi connectivity index (χ1n) is 8.37. The summed E-state index contributed by atoms with van der Waals surface area (Å²) in [5.74, 6) is -1.67. The van der Waals surface area contributed by atoms with Crippen molar-refractivity contribution in [3.05, 3.63) is 58.4 Å². The van der Waals surface area contributed by atoms with Crippen LogP contribution in [0.4, 0.5) is 15.8 Å². The molecule has 0 aromatic heterocycles. The van der Waals surface area contributed by atoms with Gasteiger partial charge in [-0.25, -0.2) is 14.0 Å². The van der Waals surface area contributed by atoms with Crippen LogP contribution in [0, 0.1) is 5.82 Å². The van der Waals surface area contributed by atoms with Crippen LogP contribution < -0.4 is 10.6 Å². The van der Waals surface area contributed by atoms with Gasteiger partial charge in [0.05, 0.1) is 35.1 Å². The van der Waals surface area contributed by atoms with Crippen molar-refractivity contribution in [1.29, 1.82) is 0 Å². The van der Waals surface area contributed by atoms with Crippen LogP contribution in [0.1, 0.15) is 34.6 Å². The third-order valence-electron chi connectivity index (χ3n) is 3.45. The number of nitrogens with one attached hydrogen (secondary N) is 2. The summed E-state index contributed by atoms with van der Waals surface area (Å²) in [6.07, 6.45) is 0. The molecule has 0 bridgehead atoms. The molecule has 0 aliphatic rings. The molecule has 28 heavy (non-hydrogen) atoms. The quantitative estimate of drug-likeness (QED) is 0.516. The lowest BCUT2D eigenvalue weighted by molar-refractivity contribution is 0.0512. The molecule has 9 heteroatoms. The lowest BCUT2D eigenvalue weighted by atomic mass is 10.1. The number of esters is 2. The highest BCUT2D eigenvalue weighted by Gasteiger charge is 2.17. The Balaban J connectivity index is 2.27. The molecule has 2 rings (SSSR count). The number of hydrogen-bond acceptors (Lipinski definition) is 5. The van der Waals surface area contributed by atoms with E-state index in [0.717, 1.165) is 0 Å². The summed E-state index contributed by atoms with van der Waals surface area (Å²) >= 11 is 11.0. The number of rotatable bonds is 6. The summed E-state index contributed by atoms with van der Waals surface area (Å²) in [4.78, 5) is 24.2. The average molecular weight is 425 g/mol. The summed E-state index contributed by atoms with van der Waals surface area (Å²) < 4.78 is 23.3. The van der Waals surface area contributed by atoms with Crippen LogP contribution in [0.25, 0.3) is 0 Å². The third-order valence-corrected chi connectivity index (χ3v) is 3.95. The summed E-state index contributed by atoms with van der Waals surface area (Å²) in [5.41, 5.74) is 1.14. The molecular weight excluding hydrogens is 407 g/mol. The van der Waals surface area contributed by atoms with E-state index in [2.05, 4.69) is 10.6 Å². The number of benzene rings is 2. The molecule has 0 atom stereocenters. The van der Waals surface area contributed by atoms with E-state index < -0.39 is 17.8 Å². The van der Waals surface area contributed by atoms with Gasteiger partial charge in [0.1, 0.15) is 5.82 Å². The minimum absolute atomic E-state index is 0.0654. The van der Waals surface area contributed by atoms with Crippen molar-refractivity contribution in [3.63, 3.8) is 0 Å². The standard InChI is InChI=1S/C19H18ClFN2O4S/c1-3-26-17(24)11-5-7-13(18(25)27-4-2)16(9-11)23-19(28)22-12-6-8-15(21)14(20)10-12/h5-10H,3-4H2,1-2H3,(H2,22,23,28). The first-order valence-corrected chi connectivity index (χ1v) is 9.15. The van der Waals surface area contributed by atoms with Gasteiger partial charge < -0.3 is 20.1 Å². The second-order valence-electron chi connectivity index (χ2n) is 5.41. The van der Waals surface area contributed by atoms with Gasteiger partial charge in [-0.3, -0.25) is 0 Å².